The fraction of sp³-hybridized carbons (Fsp3) is 1.00. The second kappa shape index (κ2) is 40.5. The van der Waals surface area contributed by atoms with Crippen molar-refractivity contribution in [2.24, 2.45) is 11.8 Å². The lowest BCUT2D eigenvalue weighted by molar-refractivity contribution is 0.193. The first-order valence-electron chi connectivity index (χ1n) is 20.5. The molecule has 6 nitrogen and oxygen atoms in total. The Balaban J connectivity index is -0.000000680. The van der Waals surface area contributed by atoms with Crippen LogP contribution in [0.4, 0.5) is 0 Å². The maximum absolute atomic E-state index is 10.5. The lowest BCUT2D eigenvalue weighted by Gasteiger charge is -2.08. The Bertz CT molecular complexity index is 563. The molecule has 0 saturated carbocycles. The molecule has 0 spiro atoms. The Morgan fingerprint density at radius 3 is 1.04 bits per heavy atom. The Kier molecular flexibility index (Phi) is 44.2. The van der Waals surface area contributed by atoms with Crippen molar-refractivity contribution >= 4 is 7.82 Å². The Labute approximate surface area is 296 Å². The van der Waals surface area contributed by atoms with Crippen molar-refractivity contribution in [3.05, 3.63) is 0 Å². The summed E-state index contributed by atoms with van der Waals surface area (Å²) in [5, 5.41) is 6.87. The molecule has 4 N–H and O–H groups in total. The van der Waals surface area contributed by atoms with E-state index in [4.69, 9.17) is 9.79 Å². The van der Waals surface area contributed by atoms with E-state index < -0.39 is 7.82 Å². The molecule has 0 amide bonds. The Morgan fingerprint density at radius 1 is 0.468 bits per heavy atom. The maximum atomic E-state index is 10.5. The first kappa shape index (κ1) is 51.4. The van der Waals surface area contributed by atoms with Crippen molar-refractivity contribution < 1.29 is 18.9 Å². The van der Waals surface area contributed by atoms with E-state index in [1.807, 2.05) is 0 Å². The van der Waals surface area contributed by atoms with Crippen molar-refractivity contribution in [1.82, 2.24) is 10.6 Å². The number of nitrogens with one attached hydrogen (secondary N) is 2. The van der Waals surface area contributed by atoms with Crippen molar-refractivity contribution in [2.45, 2.75) is 228 Å². The van der Waals surface area contributed by atoms with Gasteiger partial charge in [0, 0.05) is 12.1 Å². The molecular formula is C40H89N2O4P. The van der Waals surface area contributed by atoms with E-state index in [0.29, 0.717) is 12.1 Å². The average molecular weight is 693 g/mol. The van der Waals surface area contributed by atoms with Gasteiger partial charge >= 0.3 is 7.82 Å². The van der Waals surface area contributed by atoms with E-state index >= 15 is 0 Å². The SMILES string of the molecule is CC(C)CCCCCNC(C)C.CC(C)CCCCCNC(C)C.CCCCCCCCCCCCCCCCCCOP(=O)(O)O. The van der Waals surface area contributed by atoms with E-state index in [-0.39, 0.29) is 6.61 Å². The number of hydrogen-bond donors (Lipinski definition) is 4. The molecule has 0 fully saturated rings. The molecule has 0 aromatic rings. The zero-order valence-electron chi connectivity index (χ0n) is 33.6. The van der Waals surface area contributed by atoms with Crippen molar-refractivity contribution in [1.29, 1.82) is 0 Å². The Morgan fingerprint density at radius 2 is 0.766 bits per heavy atom. The van der Waals surface area contributed by atoms with Gasteiger partial charge in [-0.15, -0.1) is 0 Å². The fourth-order valence-corrected chi connectivity index (χ4v) is 5.69. The molecule has 0 aromatic carbocycles. The highest BCUT2D eigenvalue weighted by Gasteiger charge is 2.12. The third-order valence-corrected chi connectivity index (χ3v) is 8.80. The average Bonchev–Trinajstić information content (AvgIpc) is 2.98. The Hall–Kier alpha value is 0.0300. The molecule has 0 aliphatic carbocycles. The summed E-state index contributed by atoms with van der Waals surface area (Å²) in [6.45, 7) is 22.8. The number of phosphoric acid groups is 1. The summed E-state index contributed by atoms with van der Waals surface area (Å²) in [4.78, 5) is 17.1. The molecule has 0 aromatic heterocycles. The van der Waals surface area contributed by atoms with E-state index in [1.54, 1.807) is 0 Å². The van der Waals surface area contributed by atoms with E-state index in [0.717, 1.165) is 31.1 Å². The molecular weight excluding hydrogens is 603 g/mol. The monoisotopic (exact) mass is 693 g/mol. The molecule has 0 atom stereocenters. The standard InChI is InChI=1S/C18H39O4P.2C11H25N/c1-2-3-4-5-6-7-8-9-10-11-12-13-14-15-16-17-18-22-23(19,20)21;2*1-10(2)8-6-5-7-9-12-11(3)4/h2-18H2,1H3,(H2,19,20,21);2*10-12H,5-9H2,1-4H3. The van der Waals surface area contributed by atoms with Gasteiger partial charge in [-0.1, -0.05) is 197 Å². The summed E-state index contributed by atoms with van der Waals surface area (Å²) in [5.74, 6) is 1.76. The first-order chi connectivity index (χ1) is 22.3. The second-order valence-corrected chi connectivity index (χ2v) is 16.6. The summed E-state index contributed by atoms with van der Waals surface area (Å²) in [6, 6.07) is 1.30. The molecule has 0 radical (unpaired) electrons. The lowest BCUT2D eigenvalue weighted by Crippen LogP contribution is -2.23. The van der Waals surface area contributed by atoms with Crippen LogP contribution in [0.25, 0.3) is 0 Å². The van der Waals surface area contributed by atoms with Gasteiger partial charge in [0.25, 0.3) is 0 Å². The zero-order chi connectivity index (χ0) is 36.0. The largest absolute Gasteiger partial charge is 0.469 e. The summed E-state index contributed by atoms with van der Waals surface area (Å²) in [5.41, 5.74) is 0. The minimum absolute atomic E-state index is 0.169. The van der Waals surface area contributed by atoms with Gasteiger partial charge in [0.1, 0.15) is 0 Å². The van der Waals surface area contributed by atoms with Gasteiger partial charge < -0.3 is 20.4 Å². The highest BCUT2D eigenvalue weighted by Crippen LogP contribution is 2.35. The van der Waals surface area contributed by atoms with Crippen molar-refractivity contribution in [2.75, 3.05) is 19.7 Å². The lowest BCUT2D eigenvalue weighted by atomic mass is 10.0. The second-order valence-electron chi connectivity index (χ2n) is 15.3. The van der Waals surface area contributed by atoms with E-state index in [9.17, 15) is 4.57 Å². The molecule has 0 bridgehead atoms. The van der Waals surface area contributed by atoms with Crippen LogP contribution < -0.4 is 10.6 Å². The van der Waals surface area contributed by atoms with Crippen LogP contribution in [0.1, 0.15) is 216 Å². The van der Waals surface area contributed by atoms with Gasteiger partial charge in [0.15, 0.2) is 0 Å². The molecule has 0 unspecified atom stereocenters. The van der Waals surface area contributed by atoms with Crippen LogP contribution in [-0.4, -0.2) is 41.6 Å². The minimum atomic E-state index is -4.26. The summed E-state index contributed by atoms with van der Waals surface area (Å²) < 4.78 is 14.9. The zero-order valence-corrected chi connectivity index (χ0v) is 34.5. The summed E-state index contributed by atoms with van der Waals surface area (Å²) in [6.07, 6.45) is 31.7. The number of rotatable bonds is 32. The van der Waals surface area contributed by atoms with Gasteiger partial charge in [0.05, 0.1) is 6.61 Å². The number of unbranched alkanes of at least 4 members (excludes halogenated alkanes) is 19. The molecule has 7 heteroatoms. The fourth-order valence-electron chi connectivity index (χ4n) is 5.32. The van der Waals surface area contributed by atoms with E-state index in [2.05, 4.69) is 77.5 Å². The predicted octanol–water partition coefficient (Wildman–Crippen LogP) is 12.8. The molecule has 0 aliphatic rings. The normalized spacial score (nSPS) is 11.7. The van der Waals surface area contributed by atoms with Crippen LogP contribution in [-0.2, 0) is 9.09 Å². The quantitative estimate of drug-likeness (QED) is 0.0414. The third-order valence-electron chi connectivity index (χ3n) is 8.28. The van der Waals surface area contributed by atoms with Crippen LogP contribution in [0.3, 0.4) is 0 Å². The van der Waals surface area contributed by atoms with Gasteiger partial charge in [-0.2, -0.15) is 0 Å². The topological polar surface area (TPSA) is 90.8 Å². The van der Waals surface area contributed by atoms with Gasteiger partial charge in [-0.3, -0.25) is 4.52 Å². The van der Waals surface area contributed by atoms with Crippen LogP contribution >= 0.6 is 7.82 Å². The van der Waals surface area contributed by atoms with Crippen LogP contribution in [0.15, 0.2) is 0 Å². The van der Waals surface area contributed by atoms with Crippen molar-refractivity contribution in [3.63, 3.8) is 0 Å². The molecule has 0 rings (SSSR count). The van der Waals surface area contributed by atoms with Gasteiger partial charge in [0.2, 0.25) is 0 Å². The highest BCUT2D eigenvalue weighted by atomic mass is 31.2. The van der Waals surface area contributed by atoms with Gasteiger partial charge in [-0.25, -0.2) is 4.57 Å². The molecule has 0 saturated heterocycles. The smallest absolute Gasteiger partial charge is 0.315 e. The molecule has 0 heterocycles. The summed E-state index contributed by atoms with van der Waals surface area (Å²) >= 11 is 0. The van der Waals surface area contributed by atoms with E-state index in [1.165, 1.54) is 148 Å². The highest BCUT2D eigenvalue weighted by molar-refractivity contribution is 7.46. The van der Waals surface area contributed by atoms with Crippen molar-refractivity contribution in [3.8, 4) is 0 Å². The maximum Gasteiger partial charge on any atom is 0.469 e. The van der Waals surface area contributed by atoms with Crippen LogP contribution in [0.5, 0.6) is 0 Å². The minimum Gasteiger partial charge on any atom is -0.315 e. The number of phosphoric ester groups is 1. The van der Waals surface area contributed by atoms with Crippen LogP contribution in [0, 0.1) is 11.8 Å². The molecule has 0 aliphatic heterocycles. The number of hydrogen-bond acceptors (Lipinski definition) is 4. The van der Waals surface area contributed by atoms with Crippen LogP contribution in [0.2, 0.25) is 0 Å². The predicted molar refractivity (Wildman–Crippen MR) is 210 cm³/mol. The first-order valence-corrected chi connectivity index (χ1v) is 22.0. The summed E-state index contributed by atoms with van der Waals surface area (Å²) in [7, 11) is -4.26. The molecule has 288 valence electrons. The van der Waals surface area contributed by atoms with Gasteiger partial charge in [-0.05, 0) is 44.2 Å². The third kappa shape index (κ3) is 61.7. The molecule has 47 heavy (non-hydrogen) atoms.